The molecule has 1 unspecified atom stereocenters. The van der Waals surface area contributed by atoms with Gasteiger partial charge in [0.2, 0.25) is 0 Å². The number of benzene rings is 2. The monoisotopic (exact) mass is 500 g/mol. The summed E-state index contributed by atoms with van der Waals surface area (Å²) in [6.07, 6.45) is 3.14. The molecule has 2 aromatic rings. The van der Waals surface area contributed by atoms with Crippen molar-refractivity contribution in [1.82, 2.24) is 10.2 Å². The normalized spacial score (nSPS) is 20.3. The highest BCUT2D eigenvalue weighted by Crippen LogP contribution is 2.34. The molecule has 8 heteroatoms. The van der Waals surface area contributed by atoms with E-state index in [-0.39, 0.29) is 23.2 Å². The highest BCUT2D eigenvalue weighted by Gasteiger charge is 2.30. The SMILES string of the molecule is CC[C@H]1CN(C2CCOCC2)Cc2cc(C(=O)NC(CO)c3ccc(S(=O)(=O)CC)cc3)ccc21. The second-order valence-electron chi connectivity index (χ2n) is 9.47. The van der Waals surface area contributed by atoms with Gasteiger partial charge in [-0.05, 0) is 66.1 Å². The third-order valence-electron chi connectivity index (χ3n) is 7.38. The fourth-order valence-electron chi connectivity index (χ4n) is 5.17. The van der Waals surface area contributed by atoms with Gasteiger partial charge < -0.3 is 15.2 Å². The van der Waals surface area contributed by atoms with Crippen LogP contribution in [0.3, 0.4) is 0 Å². The Kier molecular flexibility index (Phi) is 8.27. The molecule has 1 saturated heterocycles. The van der Waals surface area contributed by atoms with Gasteiger partial charge in [-0.2, -0.15) is 0 Å². The summed E-state index contributed by atoms with van der Waals surface area (Å²) in [5.41, 5.74) is 3.73. The summed E-state index contributed by atoms with van der Waals surface area (Å²) in [5, 5.41) is 12.8. The quantitative estimate of drug-likeness (QED) is 0.577. The van der Waals surface area contributed by atoms with Gasteiger partial charge in [-0.25, -0.2) is 8.42 Å². The van der Waals surface area contributed by atoms with Crippen molar-refractivity contribution in [2.75, 3.05) is 32.1 Å². The topological polar surface area (TPSA) is 95.9 Å². The number of aliphatic hydroxyl groups excluding tert-OH is 1. The van der Waals surface area contributed by atoms with Gasteiger partial charge in [0.15, 0.2) is 9.84 Å². The van der Waals surface area contributed by atoms with Crippen LogP contribution in [0.25, 0.3) is 0 Å². The zero-order valence-electron chi connectivity index (χ0n) is 20.6. The van der Waals surface area contributed by atoms with Crippen LogP contribution in [0.15, 0.2) is 47.4 Å². The van der Waals surface area contributed by atoms with Crippen LogP contribution in [-0.4, -0.2) is 62.5 Å². The van der Waals surface area contributed by atoms with Crippen LogP contribution in [0.4, 0.5) is 0 Å². The first-order valence-electron chi connectivity index (χ1n) is 12.5. The molecule has 0 bridgehead atoms. The number of hydrogen-bond donors (Lipinski definition) is 2. The van der Waals surface area contributed by atoms with E-state index in [1.807, 2.05) is 12.1 Å². The number of fused-ring (bicyclic) bond motifs is 1. The number of aliphatic hydroxyl groups is 1. The van der Waals surface area contributed by atoms with Gasteiger partial charge in [0.05, 0.1) is 23.3 Å². The number of carbonyl (C=O) groups is 1. The van der Waals surface area contributed by atoms with Crippen LogP contribution in [0, 0.1) is 0 Å². The number of ether oxygens (including phenoxy) is 1. The molecule has 190 valence electrons. The summed E-state index contributed by atoms with van der Waals surface area (Å²) in [7, 11) is -3.30. The molecule has 2 aliphatic heterocycles. The van der Waals surface area contributed by atoms with Crippen LogP contribution >= 0.6 is 0 Å². The summed E-state index contributed by atoms with van der Waals surface area (Å²) >= 11 is 0. The molecule has 35 heavy (non-hydrogen) atoms. The minimum Gasteiger partial charge on any atom is -0.394 e. The second-order valence-corrected chi connectivity index (χ2v) is 11.8. The molecular formula is C27H36N2O5S. The van der Waals surface area contributed by atoms with E-state index in [9.17, 15) is 18.3 Å². The Morgan fingerprint density at radius 2 is 1.86 bits per heavy atom. The third kappa shape index (κ3) is 5.77. The average molecular weight is 501 g/mol. The van der Waals surface area contributed by atoms with Gasteiger partial charge >= 0.3 is 0 Å². The maximum atomic E-state index is 13.1. The van der Waals surface area contributed by atoms with Crippen molar-refractivity contribution in [2.45, 2.75) is 62.6 Å². The number of nitrogens with one attached hydrogen (secondary N) is 1. The number of rotatable bonds is 8. The molecule has 4 rings (SSSR count). The fraction of sp³-hybridized carbons (Fsp3) is 0.519. The van der Waals surface area contributed by atoms with E-state index in [0.717, 1.165) is 45.6 Å². The highest BCUT2D eigenvalue weighted by atomic mass is 32.2. The standard InChI is InChI=1S/C27H36N2O5S/c1-3-19-16-29(23-11-13-34-14-12-23)17-22-15-21(7-10-25(19)22)27(31)28-26(18-30)20-5-8-24(9-6-20)35(32,33)4-2/h5-10,15,19,23,26,30H,3-4,11-14,16-18H2,1-2H3,(H,28,31)/t19-,26?/m0/s1. The molecule has 0 saturated carbocycles. The molecular weight excluding hydrogens is 464 g/mol. The maximum absolute atomic E-state index is 13.1. The molecule has 2 N–H and O–H groups in total. The predicted octanol–water partition coefficient (Wildman–Crippen LogP) is 3.43. The second kappa shape index (κ2) is 11.2. The minimum absolute atomic E-state index is 0.0235. The van der Waals surface area contributed by atoms with Gasteiger partial charge in [0, 0.05) is 37.9 Å². The molecule has 1 fully saturated rings. The lowest BCUT2D eigenvalue weighted by Gasteiger charge is -2.41. The van der Waals surface area contributed by atoms with Gasteiger partial charge in [0.25, 0.3) is 5.91 Å². The summed E-state index contributed by atoms with van der Waals surface area (Å²) < 4.78 is 29.7. The van der Waals surface area contributed by atoms with Crippen molar-refractivity contribution in [3.8, 4) is 0 Å². The van der Waals surface area contributed by atoms with Crippen molar-refractivity contribution in [2.24, 2.45) is 0 Å². The lowest BCUT2D eigenvalue weighted by Crippen LogP contribution is -2.43. The van der Waals surface area contributed by atoms with Gasteiger partial charge in [-0.15, -0.1) is 0 Å². The first-order valence-corrected chi connectivity index (χ1v) is 14.2. The van der Waals surface area contributed by atoms with Gasteiger partial charge in [-0.3, -0.25) is 9.69 Å². The van der Waals surface area contributed by atoms with Crippen LogP contribution < -0.4 is 5.32 Å². The summed E-state index contributed by atoms with van der Waals surface area (Å²) in [5.74, 6) is 0.213. The van der Waals surface area contributed by atoms with Crippen LogP contribution in [0.5, 0.6) is 0 Å². The number of sulfone groups is 1. The Bertz CT molecular complexity index is 1130. The van der Waals surface area contributed by atoms with E-state index in [0.29, 0.717) is 23.1 Å². The van der Waals surface area contributed by atoms with Crippen LogP contribution in [0.2, 0.25) is 0 Å². The van der Waals surface area contributed by atoms with Gasteiger partial charge in [0.1, 0.15) is 0 Å². The van der Waals surface area contributed by atoms with E-state index in [1.165, 1.54) is 23.3 Å². The molecule has 0 spiro atoms. The smallest absolute Gasteiger partial charge is 0.251 e. The Hall–Kier alpha value is -2.26. The van der Waals surface area contributed by atoms with Crippen molar-refractivity contribution >= 4 is 15.7 Å². The van der Waals surface area contributed by atoms with E-state index in [1.54, 1.807) is 19.1 Å². The summed E-state index contributed by atoms with van der Waals surface area (Å²) in [6, 6.07) is 12.2. The summed E-state index contributed by atoms with van der Waals surface area (Å²) in [4.78, 5) is 15.9. The predicted molar refractivity (Wildman–Crippen MR) is 135 cm³/mol. The molecule has 7 nitrogen and oxygen atoms in total. The first kappa shape index (κ1) is 25.8. The van der Waals surface area contributed by atoms with Crippen molar-refractivity contribution in [3.05, 3.63) is 64.7 Å². The van der Waals surface area contributed by atoms with Gasteiger partial charge in [-0.1, -0.05) is 32.0 Å². The van der Waals surface area contributed by atoms with E-state index >= 15 is 0 Å². The molecule has 2 aliphatic rings. The van der Waals surface area contributed by atoms with Crippen molar-refractivity contribution in [1.29, 1.82) is 0 Å². The highest BCUT2D eigenvalue weighted by molar-refractivity contribution is 7.91. The Morgan fingerprint density at radius 3 is 2.49 bits per heavy atom. The molecule has 0 aliphatic carbocycles. The van der Waals surface area contributed by atoms with Crippen LogP contribution in [-0.2, 0) is 21.1 Å². The molecule has 0 radical (unpaired) electrons. The molecule has 1 amide bonds. The molecule has 2 heterocycles. The summed E-state index contributed by atoms with van der Waals surface area (Å²) in [6.45, 7) is 7.01. The number of amides is 1. The van der Waals surface area contributed by atoms with Crippen LogP contribution in [0.1, 0.15) is 72.1 Å². The Balaban J connectivity index is 1.50. The maximum Gasteiger partial charge on any atom is 0.251 e. The first-order chi connectivity index (χ1) is 16.9. The third-order valence-corrected chi connectivity index (χ3v) is 9.13. The number of hydrogen-bond acceptors (Lipinski definition) is 6. The Morgan fingerprint density at radius 1 is 1.14 bits per heavy atom. The lowest BCUT2D eigenvalue weighted by molar-refractivity contribution is 0.0252. The average Bonchev–Trinajstić information content (AvgIpc) is 2.91. The fourth-order valence-corrected chi connectivity index (χ4v) is 6.06. The number of carbonyl (C=O) groups excluding carboxylic acids is 1. The van der Waals surface area contributed by atoms with Crippen molar-refractivity contribution < 1.29 is 23.1 Å². The lowest BCUT2D eigenvalue weighted by atomic mass is 9.85. The van der Waals surface area contributed by atoms with Crippen molar-refractivity contribution in [3.63, 3.8) is 0 Å². The van der Waals surface area contributed by atoms with E-state index < -0.39 is 15.9 Å². The molecule has 2 aromatic carbocycles. The molecule has 0 aromatic heterocycles. The zero-order chi connectivity index (χ0) is 25.0. The zero-order valence-corrected chi connectivity index (χ0v) is 21.4. The van der Waals surface area contributed by atoms with E-state index in [4.69, 9.17) is 4.74 Å². The number of nitrogens with zero attached hydrogens (tertiary/aromatic N) is 1. The molecule has 2 atom stereocenters. The van der Waals surface area contributed by atoms with E-state index in [2.05, 4.69) is 23.2 Å². The minimum atomic E-state index is -3.30. The largest absolute Gasteiger partial charge is 0.394 e. The Labute approximate surface area is 208 Å².